The van der Waals surface area contributed by atoms with E-state index in [4.69, 9.17) is 0 Å². The van der Waals surface area contributed by atoms with Crippen LogP contribution in [0.5, 0.6) is 0 Å². The number of amides is 1. The van der Waals surface area contributed by atoms with Gasteiger partial charge < -0.3 is 4.90 Å². The van der Waals surface area contributed by atoms with Gasteiger partial charge in [-0.3, -0.25) is 9.69 Å². The second-order valence-electron chi connectivity index (χ2n) is 4.93. The van der Waals surface area contributed by atoms with Gasteiger partial charge in [0.05, 0.1) is 0 Å². The predicted molar refractivity (Wildman–Crippen MR) is 66.8 cm³/mol. The SMILES string of the molecule is CCN1C(=O)c2ccccc2CN2CC[C@H]1C2. The molecule has 2 atom stereocenters. The van der Waals surface area contributed by atoms with Crippen LogP contribution in [-0.2, 0) is 6.54 Å². The van der Waals surface area contributed by atoms with Crippen molar-refractivity contribution in [2.75, 3.05) is 19.6 Å². The Balaban J connectivity index is 2.06. The number of nitrogens with zero attached hydrogens (tertiary/aromatic N) is 2. The molecule has 1 saturated heterocycles. The van der Waals surface area contributed by atoms with Crippen molar-refractivity contribution >= 4 is 5.91 Å². The molecule has 0 N–H and O–H groups in total. The van der Waals surface area contributed by atoms with Crippen molar-refractivity contribution in [2.24, 2.45) is 0 Å². The topological polar surface area (TPSA) is 23.6 Å². The lowest BCUT2D eigenvalue weighted by Crippen LogP contribution is -2.43. The van der Waals surface area contributed by atoms with Crippen molar-refractivity contribution in [3.8, 4) is 0 Å². The van der Waals surface area contributed by atoms with Crippen molar-refractivity contribution in [1.82, 2.24) is 9.80 Å². The van der Waals surface area contributed by atoms with Gasteiger partial charge in [0.15, 0.2) is 0 Å². The van der Waals surface area contributed by atoms with E-state index in [0.29, 0.717) is 6.04 Å². The van der Waals surface area contributed by atoms with E-state index in [1.165, 1.54) is 5.56 Å². The highest BCUT2D eigenvalue weighted by atomic mass is 16.2. The van der Waals surface area contributed by atoms with E-state index in [-0.39, 0.29) is 5.91 Å². The highest BCUT2D eigenvalue weighted by Gasteiger charge is 2.33. The molecule has 1 unspecified atom stereocenters. The number of carbonyl (C=O) groups excluding carboxylic acids is 1. The summed E-state index contributed by atoms with van der Waals surface area (Å²) < 4.78 is 0. The molecule has 2 heterocycles. The van der Waals surface area contributed by atoms with Crippen LogP contribution in [0.4, 0.5) is 0 Å². The third-order valence-corrected chi connectivity index (χ3v) is 3.93. The van der Waals surface area contributed by atoms with Crippen LogP contribution in [0, 0.1) is 0 Å². The van der Waals surface area contributed by atoms with Crippen LogP contribution < -0.4 is 0 Å². The zero-order valence-electron chi connectivity index (χ0n) is 10.2. The molecule has 2 bridgehead atoms. The first-order valence-electron chi connectivity index (χ1n) is 6.41. The summed E-state index contributed by atoms with van der Waals surface area (Å²) in [5.41, 5.74) is 2.07. The Hall–Kier alpha value is -1.35. The summed E-state index contributed by atoms with van der Waals surface area (Å²) in [6.45, 7) is 5.96. The second kappa shape index (κ2) is 4.15. The Morgan fingerprint density at radius 2 is 2.18 bits per heavy atom. The molecule has 3 nitrogen and oxygen atoms in total. The monoisotopic (exact) mass is 230 g/mol. The number of hydrogen-bond acceptors (Lipinski definition) is 2. The maximum Gasteiger partial charge on any atom is 0.254 e. The first-order chi connectivity index (χ1) is 8.29. The first-order valence-corrected chi connectivity index (χ1v) is 6.41. The molecule has 90 valence electrons. The first kappa shape index (κ1) is 10.8. The molecule has 3 rings (SSSR count). The number of rotatable bonds is 1. The van der Waals surface area contributed by atoms with Crippen LogP contribution in [-0.4, -0.2) is 41.4 Å². The quantitative estimate of drug-likeness (QED) is 0.733. The number of likely N-dealkylation sites (N-methyl/N-ethyl adjacent to an activating group) is 1. The van der Waals surface area contributed by atoms with Crippen molar-refractivity contribution in [3.05, 3.63) is 35.4 Å². The maximum absolute atomic E-state index is 12.5. The Morgan fingerprint density at radius 3 is 3.00 bits per heavy atom. The zero-order valence-corrected chi connectivity index (χ0v) is 10.2. The fourth-order valence-electron chi connectivity index (χ4n) is 3.04. The summed E-state index contributed by atoms with van der Waals surface area (Å²) in [7, 11) is 0. The van der Waals surface area contributed by atoms with Gasteiger partial charge in [0.25, 0.3) is 5.91 Å². The molecule has 0 spiro atoms. The molecular formula is C14H18N2O. The summed E-state index contributed by atoms with van der Waals surface area (Å²) in [6, 6.07) is 8.45. The molecule has 1 aromatic rings. The van der Waals surface area contributed by atoms with Gasteiger partial charge in [-0.15, -0.1) is 0 Å². The van der Waals surface area contributed by atoms with Crippen LogP contribution in [0.15, 0.2) is 24.3 Å². The molecule has 3 heteroatoms. The standard InChI is InChI=1S/C14H18N2O/c1-2-16-12-7-8-15(10-12)9-11-5-3-4-6-13(11)14(16)17/h3-6,12H,2,7-10H2,1H3/t12-/m0/s1. The fraction of sp³-hybridized carbons (Fsp3) is 0.500. The predicted octanol–water partition coefficient (Wildman–Crippen LogP) is 1.74. The Kier molecular flexibility index (Phi) is 2.63. The highest BCUT2D eigenvalue weighted by molar-refractivity contribution is 5.96. The molecule has 0 saturated carbocycles. The third kappa shape index (κ3) is 1.75. The van der Waals surface area contributed by atoms with E-state index in [1.807, 2.05) is 23.1 Å². The molecule has 1 aromatic carbocycles. The number of carbonyl (C=O) groups is 1. The van der Waals surface area contributed by atoms with Gasteiger partial charge in [0.1, 0.15) is 0 Å². The fourth-order valence-corrected chi connectivity index (χ4v) is 3.04. The third-order valence-electron chi connectivity index (χ3n) is 3.93. The molecule has 0 aliphatic carbocycles. The Labute approximate surface area is 102 Å². The molecule has 2 aliphatic heterocycles. The van der Waals surface area contributed by atoms with Crippen LogP contribution in [0.2, 0.25) is 0 Å². The van der Waals surface area contributed by atoms with Crippen LogP contribution in [0.3, 0.4) is 0 Å². The average molecular weight is 230 g/mol. The van der Waals surface area contributed by atoms with Gasteiger partial charge in [-0.2, -0.15) is 0 Å². The minimum absolute atomic E-state index is 0.217. The molecule has 0 radical (unpaired) electrons. The van der Waals surface area contributed by atoms with E-state index in [2.05, 4.69) is 17.9 Å². The summed E-state index contributed by atoms with van der Waals surface area (Å²) >= 11 is 0. The van der Waals surface area contributed by atoms with E-state index in [9.17, 15) is 4.79 Å². The van der Waals surface area contributed by atoms with E-state index in [1.54, 1.807) is 0 Å². The Bertz CT molecular complexity index is 444. The summed E-state index contributed by atoms with van der Waals surface area (Å²) in [5.74, 6) is 0.217. The number of hydrogen-bond donors (Lipinski definition) is 0. The Morgan fingerprint density at radius 1 is 1.35 bits per heavy atom. The minimum atomic E-state index is 0.217. The lowest BCUT2D eigenvalue weighted by molar-refractivity contribution is 0.0681. The average Bonchev–Trinajstić information content (AvgIpc) is 2.79. The number of fused-ring (bicyclic) bond motifs is 3. The van der Waals surface area contributed by atoms with E-state index >= 15 is 0 Å². The van der Waals surface area contributed by atoms with Crippen LogP contribution >= 0.6 is 0 Å². The highest BCUT2D eigenvalue weighted by Crippen LogP contribution is 2.25. The molecule has 1 fully saturated rings. The lowest BCUT2D eigenvalue weighted by atomic mass is 10.0. The van der Waals surface area contributed by atoms with Gasteiger partial charge >= 0.3 is 0 Å². The molecule has 17 heavy (non-hydrogen) atoms. The normalized spacial score (nSPS) is 27.6. The summed E-state index contributed by atoms with van der Waals surface area (Å²) in [5, 5.41) is 0. The minimum Gasteiger partial charge on any atom is -0.335 e. The largest absolute Gasteiger partial charge is 0.335 e. The van der Waals surface area contributed by atoms with Crippen molar-refractivity contribution in [3.63, 3.8) is 0 Å². The molecule has 0 aromatic heterocycles. The van der Waals surface area contributed by atoms with Crippen molar-refractivity contribution in [2.45, 2.75) is 25.9 Å². The van der Waals surface area contributed by atoms with Gasteiger partial charge in [-0.25, -0.2) is 0 Å². The molecular weight excluding hydrogens is 212 g/mol. The van der Waals surface area contributed by atoms with E-state index in [0.717, 1.165) is 38.2 Å². The number of benzene rings is 1. The summed E-state index contributed by atoms with van der Waals surface area (Å²) in [6.07, 6.45) is 1.12. The van der Waals surface area contributed by atoms with Crippen molar-refractivity contribution < 1.29 is 4.79 Å². The second-order valence-corrected chi connectivity index (χ2v) is 4.93. The lowest BCUT2D eigenvalue weighted by Gasteiger charge is -2.31. The summed E-state index contributed by atoms with van der Waals surface area (Å²) in [4.78, 5) is 17.0. The van der Waals surface area contributed by atoms with E-state index < -0.39 is 0 Å². The maximum atomic E-state index is 12.5. The molecule has 2 aliphatic rings. The van der Waals surface area contributed by atoms with Crippen LogP contribution in [0.25, 0.3) is 0 Å². The van der Waals surface area contributed by atoms with Gasteiger partial charge in [0, 0.05) is 37.8 Å². The van der Waals surface area contributed by atoms with Gasteiger partial charge in [-0.1, -0.05) is 18.2 Å². The molecule has 1 amide bonds. The van der Waals surface area contributed by atoms with Crippen molar-refractivity contribution in [1.29, 1.82) is 0 Å². The van der Waals surface area contributed by atoms with Crippen LogP contribution in [0.1, 0.15) is 29.3 Å². The van der Waals surface area contributed by atoms with Gasteiger partial charge in [-0.05, 0) is 25.0 Å². The smallest absolute Gasteiger partial charge is 0.254 e. The van der Waals surface area contributed by atoms with Gasteiger partial charge in [0.2, 0.25) is 0 Å². The zero-order chi connectivity index (χ0) is 11.8.